The van der Waals surface area contributed by atoms with Crippen LogP contribution in [-0.4, -0.2) is 22.6 Å². The van der Waals surface area contributed by atoms with E-state index in [0.29, 0.717) is 0 Å². The highest BCUT2D eigenvalue weighted by Gasteiger charge is 2.14. The first-order chi connectivity index (χ1) is 12.7. The number of ether oxygens (including phenoxy) is 1. The minimum absolute atomic E-state index is 0.0605. The molecule has 5 nitrogen and oxygen atoms in total. The molecular formula is C21H23N3O2. The molecule has 134 valence electrons. The van der Waals surface area contributed by atoms with Crippen molar-refractivity contribution >= 4 is 22.6 Å². The molecule has 1 aromatic heterocycles. The molecule has 2 heterocycles. The summed E-state index contributed by atoms with van der Waals surface area (Å²) < 4.78 is 7.64. The summed E-state index contributed by atoms with van der Waals surface area (Å²) in [7, 11) is 1.62. The first kappa shape index (κ1) is 16.6. The van der Waals surface area contributed by atoms with Gasteiger partial charge < -0.3 is 14.6 Å². The SMILES string of the molecule is COc1ccccc1CC(=O)Nc1ccc2c(c1)nc1n2CCCCC1. The number of nitrogens with one attached hydrogen (secondary N) is 1. The van der Waals surface area contributed by atoms with Crippen LogP contribution >= 0.6 is 0 Å². The molecule has 26 heavy (non-hydrogen) atoms. The minimum atomic E-state index is -0.0605. The third-order valence-electron chi connectivity index (χ3n) is 4.94. The predicted octanol–water partition coefficient (Wildman–Crippen LogP) is 3.95. The van der Waals surface area contributed by atoms with Crippen LogP contribution in [0.3, 0.4) is 0 Å². The number of anilines is 1. The summed E-state index contributed by atoms with van der Waals surface area (Å²) >= 11 is 0. The number of hydrogen-bond donors (Lipinski definition) is 1. The van der Waals surface area contributed by atoms with E-state index in [-0.39, 0.29) is 12.3 Å². The number of rotatable bonds is 4. The summed E-state index contributed by atoms with van der Waals surface area (Å²) in [6.07, 6.45) is 4.98. The molecule has 5 heteroatoms. The molecule has 4 rings (SSSR count). The zero-order chi connectivity index (χ0) is 17.9. The van der Waals surface area contributed by atoms with E-state index < -0.39 is 0 Å². The van der Waals surface area contributed by atoms with Gasteiger partial charge in [-0.05, 0) is 37.1 Å². The van der Waals surface area contributed by atoms with E-state index in [9.17, 15) is 4.79 Å². The van der Waals surface area contributed by atoms with Crippen molar-refractivity contribution in [2.45, 2.75) is 38.6 Å². The number of aromatic nitrogens is 2. The van der Waals surface area contributed by atoms with E-state index in [2.05, 4.69) is 16.0 Å². The smallest absolute Gasteiger partial charge is 0.228 e. The van der Waals surface area contributed by atoms with Gasteiger partial charge in [0.1, 0.15) is 11.6 Å². The van der Waals surface area contributed by atoms with Gasteiger partial charge in [0.15, 0.2) is 0 Å². The maximum absolute atomic E-state index is 12.4. The van der Waals surface area contributed by atoms with Crippen LogP contribution in [0.25, 0.3) is 11.0 Å². The molecule has 0 saturated carbocycles. The van der Waals surface area contributed by atoms with E-state index in [1.165, 1.54) is 19.3 Å². The molecule has 0 spiro atoms. The number of benzene rings is 2. The number of carbonyl (C=O) groups is 1. The fourth-order valence-corrected chi connectivity index (χ4v) is 3.65. The van der Waals surface area contributed by atoms with Crippen LogP contribution in [0.2, 0.25) is 0 Å². The quantitative estimate of drug-likeness (QED) is 0.776. The maximum atomic E-state index is 12.4. The van der Waals surface area contributed by atoms with Crippen LogP contribution in [0.5, 0.6) is 5.75 Å². The second-order valence-corrected chi connectivity index (χ2v) is 6.73. The predicted molar refractivity (Wildman–Crippen MR) is 103 cm³/mol. The third-order valence-corrected chi connectivity index (χ3v) is 4.94. The Kier molecular flexibility index (Phi) is 4.61. The number of imidazole rings is 1. The standard InChI is InChI=1S/C21H23N3O2/c1-26-19-8-5-4-7-15(19)13-21(25)22-16-10-11-18-17(14-16)23-20-9-3-2-6-12-24(18)20/h4-5,7-8,10-11,14H,2-3,6,9,12-13H2,1H3,(H,22,25). The molecule has 0 aliphatic carbocycles. The van der Waals surface area contributed by atoms with Crippen molar-refractivity contribution in [3.63, 3.8) is 0 Å². The number of para-hydroxylation sites is 1. The summed E-state index contributed by atoms with van der Waals surface area (Å²) in [5.74, 6) is 1.83. The van der Waals surface area contributed by atoms with Gasteiger partial charge in [-0.1, -0.05) is 24.6 Å². The van der Waals surface area contributed by atoms with E-state index in [0.717, 1.165) is 46.8 Å². The molecule has 1 N–H and O–H groups in total. The molecule has 2 aromatic carbocycles. The van der Waals surface area contributed by atoms with Gasteiger partial charge in [0.25, 0.3) is 0 Å². The topological polar surface area (TPSA) is 56.1 Å². The second-order valence-electron chi connectivity index (χ2n) is 6.73. The largest absolute Gasteiger partial charge is 0.496 e. The van der Waals surface area contributed by atoms with E-state index in [1.54, 1.807) is 7.11 Å². The lowest BCUT2D eigenvalue weighted by Gasteiger charge is -2.09. The van der Waals surface area contributed by atoms with Crippen molar-refractivity contribution in [1.29, 1.82) is 0 Å². The Labute approximate surface area is 153 Å². The lowest BCUT2D eigenvalue weighted by atomic mass is 10.1. The van der Waals surface area contributed by atoms with Gasteiger partial charge in [-0.25, -0.2) is 4.98 Å². The number of fused-ring (bicyclic) bond motifs is 3. The Morgan fingerprint density at radius 3 is 2.96 bits per heavy atom. The van der Waals surface area contributed by atoms with Crippen molar-refractivity contribution in [3.05, 3.63) is 53.9 Å². The number of aryl methyl sites for hydroxylation is 2. The average Bonchev–Trinajstić information content (AvgIpc) is 2.82. The summed E-state index contributed by atoms with van der Waals surface area (Å²) in [4.78, 5) is 17.2. The fraction of sp³-hybridized carbons (Fsp3) is 0.333. The van der Waals surface area contributed by atoms with Crippen LogP contribution in [0.4, 0.5) is 5.69 Å². The Hall–Kier alpha value is -2.82. The molecular weight excluding hydrogens is 326 g/mol. The van der Waals surface area contributed by atoms with Crippen molar-refractivity contribution in [3.8, 4) is 5.75 Å². The minimum Gasteiger partial charge on any atom is -0.496 e. The van der Waals surface area contributed by atoms with Crippen LogP contribution in [-0.2, 0) is 24.2 Å². The lowest BCUT2D eigenvalue weighted by Crippen LogP contribution is -2.14. The molecule has 1 aliphatic heterocycles. The van der Waals surface area contributed by atoms with Gasteiger partial charge in [-0.15, -0.1) is 0 Å². The monoisotopic (exact) mass is 349 g/mol. The molecule has 0 saturated heterocycles. The Morgan fingerprint density at radius 1 is 1.19 bits per heavy atom. The Balaban J connectivity index is 1.53. The summed E-state index contributed by atoms with van der Waals surface area (Å²) in [6, 6.07) is 13.6. The Morgan fingerprint density at radius 2 is 2.08 bits per heavy atom. The highest BCUT2D eigenvalue weighted by molar-refractivity contribution is 5.94. The molecule has 1 amide bonds. The second kappa shape index (κ2) is 7.20. The summed E-state index contributed by atoms with van der Waals surface area (Å²) in [5, 5.41) is 2.98. The van der Waals surface area contributed by atoms with Gasteiger partial charge in [-0.2, -0.15) is 0 Å². The number of hydrogen-bond acceptors (Lipinski definition) is 3. The van der Waals surface area contributed by atoms with Crippen LogP contribution < -0.4 is 10.1 Å². The van der Waals surface area contributed by atoms with Gasteiger partial charge >= 0.3 is 0 Å². The highest BCUT2D eigenvalue weighted by Crippen LogP contribution is 2.25. The van der Waals surface area contributed by atoms with E-state index in [4.69, 9.17) is 9.72 Å². The van der Waals surface area contributed by atoms with E-state index in [1.807, 2.05) is 36.4 Å². The van der Waals surface area contributed by atoms with Gasteiger partial charge in [-0.3, -0.25) is 4.79 Å². The van der Waals surface area contributed by atoms with Crippen LogP contribution in [0.1, 0.15) is 30.7 Å². The van der Waals surface area contributed by atoms with Crippen molar-refractivity contribution in [2.75, 3.05) is 12.4 Å². The van der Waals surface area contributed by atoms with Gasteiger partial charge in [0, 0.05) is 24.2 Å². The first-order valence-electron chi connectivity index (χ1n) is 9.15. The summed E-state index contributed by atoms with van der Waals surface area (Å²) in [5.41, 5.74) is 3.77. The van der Waals surface area contributed by atoms with Gasteiger partial charge in [0.05, 0.1) is 24.6 Å². The van der Waals surface area contributed by atoms with Crippen molar-refractivity contribution in [1.82, 2.24) is 9.55 Å². The highest BCUT2D eigenvalue weighted by atomic mass is 16.5. The number of amides is 1. The maximum Gasteiger partial charge on any atom is 0.228 e. The number of carbonyl (C=O) groups excluding carboxylic acids is 1. The summed E-state index contributed by atoms with van der Waals surface area (Å²) in [6.45, 7) is 1.03. The van der Waals surface area contributed by atoms with Gasteiger partial charge in [0.2, 0.25) is 5.91 Å². The van der Waals surface area contributed by atoms with Crippen molar-refractivity contribution < 1.29 is 9.53 Å². The average molecular weight is 349 g/mol. The molecule has 0 atom stereocenters. The first-order valence-corrected chi connectivity index (χ1v) is 9.15. The van der Waals surface area contributed by atoms with Crippen LogP contribution in [0.15, 0.2) is 42.5 Å². The third kappa shape index (κ3) is 3.29. The molecule has 0 radical (unpaired) electrons. The normalized spacial score (nSPS) is 13.9. The Bertz CT molecular complexity index is 946. The molecule has 0 unspecified atom stereocenters. The zero-order valence-electron chi connectivity index (χ0n) is 15.0. The molecule has 0 bridgehead atoms. The molecule has 0 fully saturated rings. The van der Waals surface area contributed by atoms with Crippen LogP contribution in [0, 0.1) is 0 Å². The number of nitrogens with zero attached hydrogens (tertiary/aromatic N) is 2. The number of methoxy groups -OCH3 is 1. The fourth-order valence-electron chi connectivity index (χ4n) is 3.65. The van der Waals surface area contributed by atoms with Crippen molar-refractivity contribution in [2.24, 2.45) is 0 Å². The lowest BCUT2D eigenvalue weighted by molar-refractivity contribution is -0.115. The zero-order valence-corrected chi connectivity index (χ0v) is 15.0. The van der Waals surface area contributed by atoms with E-state index >= 15 is 0 Å². The molecule has 3 aromatic rings. The molecule has 1 aliphatic rings.